The smallest absolute Gasteiger partial charge is 0.369 e. The summed E-state index contributed by atoms with van der Waals surface area (Å²) in [5, 5.41) is 3.90. The first-order chi connectivity index (χ1) is 6.50. The largest absolute Gasteiger partial charge is 1.00 e. The molecule has 1 aliphatic rings. The van der Waals surface area contributed by atoms with Crippen LogP contribution in [0.2, 0.25) is 0 Å². The number of quaternary nitrogens is 1. The zero-order valence-electron chi connectivity index (χ0n) is 8.57. The topological polar surface area (TPSA) is 75.5 Å². The lowest BCUT2D eigenvalue weighted by molar-refractivity contribution is -0.426. The van der Waals surface area contributed by atoms with Crippen molar-refractivity contribution >= 4 is 22.7 Å². The van der Waals surface area contributed by atoms with Crippen LogP contribution in [-0.4, -0.2) is 29.4 Å². The number of hydrogen-bond acceptors (Lipinski definition) is 4. The van der Waals surface area contributed by atoms with Crippen molar-refractivity contribution in [3.63, 3.8) is 0 Å². The van der Waals surface area contributed by atoms with Crippen LogP contribution >= 0.6 is 11.6 Å². The van der Waals surface area contributed by atoms with Crippen molar-refractivity contribution in [2.24, 2.45) is 5.16 Å². The van der Waals surface area contributed by atoms with E-state index in [4.69, 9.17) is 21.2 Å². The molecule has 0 saturated carbocycles. The quantitative estimate of drug-likeness (QED) is 0.544. The molecule has 1 rings (SSSR count). The Kier molecular flexibility index (Phi) is 5.93. The summed E-state index contributed by atoms with van der Waals surface area (Å²) in [6, 6.07) is -0.586. The van der Waals surface area contributed by atoms with E-state index >= 15 is 0 Å². The number of ether oxygens (including phenoxy) is 1. The molecule has 0 aromatic rings. The zero-order chi connectivity index (χ0) is 10.7. The summed E-state index contributed by atoms with van der Waals surface area (Å²) < 4.78 is 4.98. The van der Waals surface area contributed by atoms with Gasteiger partial charge in [0.05, 0.1) is 12.5 Å². The van der Waals surface area contributed by atoms with Gasteiger partial charge in [0, 0.05) is 0 Å². The molecule has 15 heavy (non-hydrogen) atoms. The van der Waals surface area contributed by atoms with Gasteiger partial charge in [-0.15, -0.1) is 0 Å². The number of oxime groups is 1. The molecule has 0 aromatic heterocycles. The van der Waals surface area contributed by atoms with Crippen LogP contribution in [0.5, 0.6) is 0 Å². The van der Waals surface area contributed by atoms with Gasteiger partial charge >= 0.3 is 5.97 Å². The van der Waals surface area contributed by atoms with Crippen molar-refractivity contribution in [1.82, 2.24) is 0 Å². The molecular weight excluding hydrogens is 243 g/mol. The second-order valence-electron chi connectivity index (χ2n) is 3.41. The van der Waals surface area contributed by atoms with E-state index in [0.717, 1.165) is 0 Å². The number of carbonyl (C=O) groups excluding carboxylic acids is 1. The van der Waals surface area contributed by atoms with Crippen LogP contribution in [0.15, 0.2) is 5.16 Å². The van der Waals surface area contributed by atoms with Gasteiger partial charge in [-0.2, -0.15) is 0 Å². The fraction of sp³-hybridized carbons (Fsp3) is 0.750. The minimum absolute atomic E-state index is 0. The van der Waals surface area contributed by atoms with Crippen LogP contribution in [0, 0.1) is 0 Å². The Labute approximate surface area is 99.3 Å². The minimum atomic E-state index is -0.586. The molecule has 0 bridgehead atoms. The Morgan fingerprint density at radius 3 is 2.73 bits per heavy atom. The highest BCUT2D eigenvalue weighted by atomic mass is 35.5. The normalized spacial score (nSPS) is 21.4. The van der Waals surface area contributed by atoms with Crippen molar-refractivity contribution in [1.29, 1.82) is 0 Å². The second kappa shape index (κ2) is 6.15. The summed E-state index contributed by atoms with van der Waals surface area (Å²) >= 11 is 5.61. The SMILES string of the molecule is CC(C)OC(=O)[C@@H]([NH3+])[C@@H]1CC(Cl)=NO1.[Cl-]. The lowest BCUT2D eigenvalue weighted by Crippen LogP contribution is -3.00. The highest BCUT2D eigenvalue weighted by molar-refractivity contribution is 6.65. The Bertz CT molecular complexity index is 258. The standard InChI is InChI=1S/C8H13ClN2O3.ClH/c1-4(2)13-8(12)7(10)5-3-6(9)11-14-5;/h4-5,7H,3,10H2,1-2H3;1H/t5-,7-;/m0./s1. The number of nitrogens with zero attached hydrogens (tertiary/aromatic N) is 1. The summed E-state index contributed by atoms with van der Waals surface area (Å²) in [5.41, 5.74) is 3.68. The molecule has 0 radical (unpaired) electrons. The molecule has 1 aliphatic heterocycles. The maximum absolute atomic E-state index is 11.4. The third-order valence-corrected chi connectivity index (χ3v) is 1.98. The van der Waals surface area contributed by atoms with E-state index in [1.807, 2.05) is 0 Å². The van der Waals surface area contributed by atoms with Crippen molar-refractivity contribution in [2.45, 2.75) is 38.5 Å². The summed E-state index contributed by atoms with van der Waals surface area (Å²) in [6.45, 7) is 3.56. The Balaban J connectivity index is 0.00000196. The maximum atomic E-state index is 11.4. The zero-order valence-corrected chi connectivity index (χ0v) is 10.1. The fourth-order valence-corrected chi connectivity index (χ4v) is 1.24. The molecule has 0 saturated heterocycles. The molecular formula is C8H14Cl2N2O3. The van der Waals surface area contributed by atoms with E-state index in [0.29, 0.717) is 11.6 Å². The van der Waals surface area contributed by atoms with Crippen molar-refractivity contribution in [3.05, 3.63) is 0 Å². The minimum Gasteiger partial charge on any atom is -1.00 e. The molecule has 0 fully saturated rings. The molecule has 0 amide bonds. The first-order valence-electron chi connectivity index (χ1n) is 4.42. The molecule has 2 atom stereocenters. The Hall–Kier alpha value is -0.520. The van der Waals surface area contributed by atoms with Crippen molar-refractivity contribution in [3.8, 4) is 0 Å². The number of esters is 1. The van der Waals surface area contributed by atoms with Crippen molar-refractivity contribution < 1.29 is 32.5 Å². The molecule has 7 heteroatoms. The van der Waals surface area contributed by atoms with Gasteiger partial charge in [0.2, 0.25) is 6.04 Å². The lowest BCUT2D eigenvalue weighted by atomic mass is 10.1. The Morgan fingerprint density at radius 2 is 2.33 bits per heavy atom. The number of hydrogen-bond donors (Lipinski definition) is 1. The summed E-state index contributed by atoms with van der Waals surface area (Å²) in [7, 11) is 0. The number of rotatable bonds is 3. The van der Waals surface area contributed by atoms with Crippen LogP contribution in [0.3, 0.4) is 0 Å². The fourth-order valence-electron chi connectivity index (χ4n) is 1.05. The van der Waals surface area contributed by atoms with Gasteiger partial charge in [-0.3, -0.25) is 0 Å². The van der Waals surface area contributed by atoms with E-state index < -0.39 is 12.1 Å². The molecule has 88 valence electrons. The molecule has 0 aliphatic carbocycles. The first kappa shape index (κ1) is 14.5. The van der Waals surface area contributed by atoms with E-state index in [9.17, 15) is 4.79 Å². The average Bonchev–Trinajstić information content (AvgIpc) is 2.49. The monoisotopic (exact) mass is 256 g/mol. The van der Waals surface area contributed by atoms with Crippen molar-refractivity contribution in [2.75, 3.05) is 0 Å². The van der Waals surface area contributed by atoms with Crippen LogP contribution in [0.25, 0.3) is 0 Å². The van der Waals surface area contributed by atoms with Crippen LogP contribution in [0.1, 0.15) is 20.3 Å². The van der Waals surface area contributed by atoms with E-state index in [-0.39, 0.29) is 24.5 Å². The summed E-state index contributed by atoms with van der Waals surface area (Å²) in [5.74, 6) is -0.383. The predicted octanol–water partition coefficient (Wildman–Crippen LogP) is -3.11. The van der Waals surface area contributed by atoms with Gasteiger partial charge < -0.3 is 27.7 Å². The van der Waals surface area contributed by atoms with E-state index in [1.54, 1.807) is 13.8 Å². The average molecular weight is 257 g/mol. The van der Waals surface area contributed by atoms with E-state index in [2.05, 4.69) is 10.9 Å². The van der Waals surface area contributed by atoms with E-state index in [1.165, 1.54) is 0 Å². The van der Waals surface area contributed by atoms with Gasteiger partial charge in [0.25, 0.3) is 0 Å². The van der Waals surface area contributed by atoms with Crippen LogP contribution in [-0.2, 0) is 14.4 Å². The van der Waals surface area contributed by atoms with Gasteiger partial charge in [-0.25, -0.2) is 4.79 Å². The van der Waals surface area contributed by atoms with Gasteiger partial charge in [-0.05, 0) is 13.8 Å². The molecule has 1 heterocycles. The van der Waals surface area contributed by atoms with Crippen LogP contribution < -0.4 is 18.1 Å². The highest BCUT2D eigenvalue weighted by Gasteiger charge is 2.36. The van der Waals surface area contributed by atoms with Gasteiger partial charge in [0.15, 0.2) is 6.10 Å². The second-order valence-corrected chi connectivity index (χ2v) is 3.84. The molecule has 0 aromatic carbocycles. The van der Waals surface area contributed by atoms with Gasteiger partial charge in [0.1, 0.15) is 5.17 Å². The molecule has 5 nitrogen and oxygen atoms in total. The predicted molar refractivity (Wildman–Crippen MR) is 50.7 cm³/mol. The number of carbonyl (C=O) groups is 1. The lowest BCUT2D eigenvalue weighted by Gasteiger charge is -2.14. The van der Waals surface area contributed by atoms with Gasteiger partial charge in [-0.1, -0.05) is 16.8 Å². The molecule has 0 unspecified atom stereocenters. The summed E-state index contributed by atoms with van der Waals surface area (Å²) in [6.07, 6.45) is -0.124. The number of halogens is 2. The maximum Gasteiger partial charge on any atom is 0.369 e. The third-order valence-electron chi connectivity index (χ3n) is 1.76. The molecule has 0 spiro atoms. The molecule has 3 N–H and O–H groups in total. The third kappa shape index (κ3) is 4.24. The Morgan fingerprint density at radius 1 is 1.73 bits per heavy atom. The summed E-state index contributed by atoms with van der Waals surface area (Å²) in [4.78, 5) is 16.3. The first-order valence-corrected chi connectivity index (χ1v) is 4.80. The highest BCUT2D eigenvalue weighted by Crippen LogP contribution is 2.15. The van der Waals surface area contributed by atoms with Crippen LogP contribution in [0.4, 0.5) is 0 Å².